The van der Waals surface area contributed by atoms with Crippen molar-refractivity contribution in [3.63, 3.8) is 0 Å². The number of nitrogens with one attached hydrogen (secondary N) is 1. The van der Waals surface area contributed by atoms with E-state index in [1.165, 1.54) is 50.1 Å². The second kappa shape index (κ2) is 9.79. The van der Waals surface area contributed by atoms with Gasteiger partial charge in [0.2, 0.25) is 0 Å². The highest BCUT2D eigenvalue weighted by Gasteiger charge is 2.27. The lowest BCUT2D eigenvalue weighted by Gasteiger charge is -2.38. The Morgan fingerprint density at radius 1 is 1.19 bits per heavy atom. The van der Waals surface area contributed by atoms with Crippen molar-refractivity contribution in [1.29, 1.82) is 0 Å². The molecule has 4 nitrogen and oxygen atoms in total. The van der Waals surface area contributed by atoms with E-state index in [-0.39, 0.29) is 0 Å². The second-order valence-electron chi connectivity index (χ2n) is 8.89. The summed E-state index contributed by atoms with van der Waals surface area (Å²) in [7, 11) is 0. The highest BCUT2D eigenvalue weighted by Crippen LogP contribution is 2.31. The standard InChI is InChI=1S/C23H40N4/c1-4-22(18(2)3)20-6-5-12-26(17-20)14-10-25-11-15-27-13-9-19-7-8-21(24)16-23(19)27/h7-8,16,18,20,22,25H,4-6,9-15,17,24H2,1-3H3. The first-order valence-corrected chi connectivity index (χ1v) is 11.1. The molecule has 1 aromatic carbocycles. The molecule has 0 spiro atoms. The van der Waals surface area contributed by atoms with Gasteiger partial charge in [0.1, 0.15) is 0 Å². The van der Waals surface area contributed by atoms with Gasteiger partial charge in [0.15, 0.2) is 0 Å². The van der Waals surface area contributed by atoms with Crippen LogP contribution in [0.2, 0.25) is 0 Å². The van der Waals surface area contributed by atoms with Gasteiger partial charge in [0, 0.05) is 50.6 Å². The molecule has 1 aromatic rings. The van der Waals surface area contributed by atoms with Gasteiger partial charge in [-0.1, -0.05) is 33.3 Å². The van der Waals surface area contributed by atoms with Crippen LogP contribution in [0, 0.1) is 17.8 Å². The minimum atomic E-state index is 0.815. The van der Waals surface area contributed by atoms with Gasteiger partial charge < -0.3 is 20.9 Å². The third-order valence-electron chi connectivity index (χ3n) is 6.74. The van der Waals surface area contributed by atoms with Crippen molar-refractivity contribution in [1.82, 2.24) is 10.2 Å². The number of fused-ring (bicyclic) bond motifs is 1. The van der Waals surface area contributed by atoms with Crippen molar-refractivity contribution in [2.45, 2.75) is 46.5 Å². The van der Waals surface area contributed by atoms with Crippen LogP contribution < -0.4 is 16.0 Å². The van der Waals surface area contributed by atoms with Gasteiger partial charge in [-0.2, -0.15) is 0 Å². The zero-order valence-corrected chi connectivity index (χ0v) is 17.7. The Balaban J connectivity index is 1.36. The molecule has 0 aliphatic carbocycles. The number of likely N-dealkylation sites (tertiary alicyclic amines) is 1. The Kier molecular flexibility index (Phi) is 7.42. The molecule has 3 N–H and O–H groups in total. The summed E-state index contributed by atoms with van der Waals surface area (Å²) >= 11 is 0. The molecule has 0 amide bonds. The number of hydrogen-bond donors (Lipinski definition) is 2. The molecule has 1 fully saturated rings. The van der Waals surface area contributed by atoms with Crippen molar-refractivity contribution in [2.24, 2.45) is 17.8 Å². The lowest BCUT2D eigenvalue weighted by molar-refractivity contribution is 0.111. The Hall–Kier alpha value is -1.26. The number of piperidine rings is 1. The molecule has 2 unspecified atom stereocenters. The first kappa shape index (κ1) is 20.5. The molecule has 0 aromatic heterocycles. The molecule has 2 aliphatic heterocycles. The molecule has 4 heteroatoms. The summed E-state index contributed by atoms with van der Waals surface area (Å²) < 4.78 is 0. The Bertz CT molecular complexity index is 586. The summed E-state index contributed by atoms with van der Waals surface area (Å²) in [6, 6.07) is 6.34. The van der Waals surface area contributed by atoms with Gasteiger partial charge in [-0.3, -0.25) is 0 Å². The largest absolute Gasteiger partial charge is 0.399 e. The van der Waals surface area contributed by atoms with Gasteiger partial charge in [-0.25, -0.2) is 0 Å². The minimum Gasteiger partial charge on any atom is -0.399 e. The van der Waals surface area contributed by atoms with Crippen LogP contribution in [0.5, 0.6) is 0 Å². The fourth-order valence-electron chi connectivity index (χ4n) is 5.26. The molecule has 2 aliphatic rings. The third kappa shape index (κ3) is 5.39. The summed E-state index contributed by atoms with van der Waals surface area (Å²) in [6.45, 7) is 15.3. The van der Waals surface area contributed by atoms with Crippen molar-refractivity contribution >= 4 is 11.4 Å². The zero-order chi connectivity index (χ0) is 19.2. The van der Waals surface area contributed by atoms with Crippen molar-refractivity contribution in [3.8, 4) is 0 Å². The van der Waals surface area contributed by atoms with Crippen LogP contribution in [-0.4, -0.2) is 50.7 Å². The fraction of sp³-hybridized carbons (Fsp3) is 0.739. The van der Waals surface area contributed by atoms with E-state index in [2.05, 4.69) is 48.0 Å². The van der Waals surface area contributed by atoms with E-state index in [0.717, 1.165) is 56.0 Å². The number of nitrogens with zero attached hydrogens (tertiary/aromatic N) is 2. The lowest BCUT2D eigenvalue weighted by Crippen LogP contribution is -2.43. The number of hydrogen-bond acceptors (Lipinski definition) is 4. The van der Waals surface area contributed by atoms with Crippen molar-refractivity contribution in [3.05, 3.63) is 23.8 Å². The van der Waals surface area contributed by atoms with Gasteiger partial charge in [-0.15, -0.1) is 0 Å². The highest BCUT2D eigenvalue weighted by atomic mass is 15.2. The maximum absolute atomic E-state index is 5.97. The number of nitrogens with two attached hydrogens (primary N) is 1. The second-order valence-corrected chi connectivity index (χ2v) is 8.89. The molecule has 27 heavy (non-hydrogen) atoms. The van der Waals surface area contributed by atoms with Crippen LogP contribution in [0.4, 0.5) is 11.4 Å². The molecule has 0 bridgehead atoms. The predicted octanol–water partition coefficient (Wildman–Crippen LogP) is 3.62. The number of benzene rings is 1. The van der Waals surface area contributed by atoms with Gasteiger partial charge in [0.05, 0.1) is 0 Å². The summed E-state index contributed by atoms with van der Waals surface area (Å²) in [4.78, 5) is 5.17. The van der Waals surface area contributed by atoms with Gasteiger partial charge in [-0.05, 0) is 61.3 Å². The van der Waals surface area contributed by atoms with Crippen molar-refractivity contribution < 1.29 is 0 Å². The molecular weight excluding hydrogens is 332 g/mol. The average Bonchev–Trinajstić information content (AvgIpc) is 3.04. The Morgan fingerprint density at radius 2 is 2.00 bits per heavy atom. The van der Waals surface area contributed by atoms with Crippen LogP contribution in [0.15, 0.2) is 18.2 Å². The number of rotatable bonds is 9. The van der Waals surface area contributed by atoms with E-state index < -0.39 is 0 Å². The van der Waals surface area contributed by atoms with E-state index in [1.807, 2.05) is 6.07 Å². The van der Waals surface area contributed by atoms with Gasteiger partial charge >= 0.3 is 0 Å². The Labute approximate surface area is 166 Å². The first-order valence-electron chi connectivity index (χ1n) is 11.1. The monoisotopic (exact) mass is 372 g/mol. The topological polar surface area (TPSA) is 44.5 Å². The molecule has 152 valence electrons. The van der Waals surface area contributed by atoms with E-state index in [9.17, 15) is 0 Å². The first-order chi connectivity index (χ1) is 13.1. The SMILES string of the molecule is CCC(C(C)C)C1CCCN(CCNCCN2CCc3ccc(N)cc32)C1. The van der Waals surface area contributed by atoms with Crippen molar-refractivity contribution in [2.75, 3.05) is 56.4 Å². The highest BCUT2D eigenvalue weighted by molar-refractivity contribution is 5.64. The van der Waals surface area contributed by atoms with Crippen LogP contribution in [0.25, 0.3) is 0 Å². The van der Waals surface area contributed by atoms with E-state index in [4.69, 9.17) is 5.73 Å². The molecule has 0 saturated carbocycles. The minimum absolute atomic E-state index is 0.815. The quantitative estimate of drug-likeness (QED) is 0.513. The summed E-state index contributed by atoms with van der Waals surface area (Å²) in [5, 5.41) is 3.67. The van der Waals surface area contributed by atoms with E-state index in [1.54, 1.807) is 0 Å². The molecular formula is C23H40N4. The van der Waals surface area contributed by atoms with Crippen LogP contribution >= 0.6 is 0 Å². The molecule has 2 heterocycles. The molecule has 3 rings (SSSR count). The van der Waals surface area contributed by atoms with Gasteiger partial charge in [0.25, 0.3) is 0 Å². The predicted molar refractivity (Wildman–Crippen MR) is 117 cm³/mol. The molecule has 1 saturated heterocycles. The normalized spacial score (nSPS) is 21.6. The summed E-state index contributed by atoms with van der Waals surface area (Å²) in [6.07, 6.45) is 5.29. The number of nitrogen functional groups attached to an aromatic ring is 1. The smallest absolute Gasteiger partial charge is 0.0420 e. The number of anilines is 2. The third-order valence-corrected chi connectivity index (χ3v) is 6.74. The molecule has 0 radical (unpaired) electrons. The zero-order valence-electron chi connectivity index (χ0n) is 17.7. The lowest BCUT2D eigenvalue weighted by atomic mass is 9.77. The van der Waals surface area contributed by atoms with Crippen LogP contribution in [0.1, 0.15) is 45.6 Å². The van der Waals surface area contributed by atoms with Crippen LogP contribution in [-0.2, 0) is 6.42 Å². The molecule has 2 atom stereocenters. The summed E-state index contributed by atoms with van der Waals surface area (Å²) in [5.74, 6) is 2.61. The van der Waals surface area contributed by atoms with E-state index >= 15 is 0 Å². The van der Waals surface area contributed by atoms with E-state index in [0.29, 0.717) is 0 Å². The van der Waals surface area contributed by atoms with Crippen LogP contribution in [0.3, 0.4) is 0 Å². The summed E-state index contributed by atoms with van der Waals surface area (Å²) in [5.41, 5.74) is 9.63. The maximum atomic E-state index is 5.97. The maximum Gasteiger partial charge on any atom is 0.0420 e. The average molecular weight is 373 g/mol. The fourth-order valence-corrected chi connectivity index (χ4v) is 5.26. The Morgan fingerprint density at radius 3 is 2.78 bits per heavy atom.